The van der Waals surface area contributed by atoms with E-state index in [2.05, 4.69) is 41.4 Å². The lowest BCUT2D eigenvalue weighted by molar-refractivity contribution is 0.542. The summed E-state index contributed by atoms with van der Waals surface area (Å²) in [4.78, 5) is 8.42. The van der Waals surface area contributed by atoms with E-state index in [4.69, 9.17) is 0 Å². The van der Waals surface area contributed by atoms with Gasteiger partial charge in [-0.05, 0) is 35.0 Å². The van der Waals surface area contributed by atoms with Crippen LogP contribution in [0.2, 0.25) is 0 Å². The van der Waals surface area contributed by atoms with Gasteiger partial charge in [0, 0.05) is 6.54 Å². The van der Waals surface area contributed by atoms with Crippen LogP contribution >= 0.6 is 15.9 Å². The van der Waals surface area contributed by atoms with Gasteiger partial charge in [0.2, 0.25) is 0 Å². The number of nitrogens with one attached hydrogen (secondary N) is 2. The predicted octanol–water partition coefficient (Wildman–Crippen LogP) is 1.81. The third-order valence-corrected chi connectivity index (χ3v) is 2.65. The summed E-state index contributed by atoms with van der Waals surface area (Å²) in [6.45, 7) is 2.72. The number of hydrogen-bond acceptors (Lipinski definition) is 4. The molecule has 2 rings (SSSR count). The van der Waals surface area contributed by atoms with Gasteiger partial charge in [0.05, 0.1) is 11.7 Å². The minimum atomic E-state index is 0.128. The zero-order valence-corrected chi connectivity index (χ0v) is 10.4. The monoisotopic (exact) mass is 281 g/mol. The molecule has 0 fully saturated rings. The summed E-state index contributed by atoms with van der Waals surface area (Å²) in [5, 5.41) is 9.96. The second-order valence-corrected chi connectivity index (χ2v) is 4.24. The number of halogens is 1. The van der Waals surface area contributed by atoms with Gasteiger partial charge < -0.3 is 5.32 Å². The largest absolute Gasteiger partial charge is 0.302 e. The lowest BCUT2D eigenvalue weighted by atomic mass is 10.3. The first-order chi connectivity index (χ1) is 7.75. The molecule has 0 amide bonds. The number of rotatable bonds is 4. The van der Waals surface area contributed by atoms with Crippen molar-refractivity contribution in [2.45, 2.75) is 19.5 Å². The van der Waals surface area contributed by atoms with E-state index in [-0.39, 0.29) is 6.04 Å². The van der Waals surface area contributed by atoms with Gasteiger partial charge in [-0.15, -0.1) is 0 Å². The van der Waals surface area contributed by atoms with Crippen molar-refractivity contribution in [3.05, 3.63) is 40.6 Å². The smallest absolute Gasteiger partial charge is 0.141 e. The van der Waals surface area contributed by atoms with Crippen molar-refractivity contribution in [3.63, 3.8) is 0 Å². The quantitative estimate of drug-likeness (QED) is 0.839. The molecule has 6 heteroatoms. The third-order valence-electron chi connectivity index (χ3n) is 2.21. The molecule has 0 spiro atoms. The van der Waals surface area contributed by atoms with Gasteiger partial charge in [0.15, 0.2) is 0 Å². The Balaban J connectivity index is 1.92. The fourth-order valence-electron chi connectivity index (χ4n) is 1.33. The van der Waals surface area contributed by atoms with Crippen molar-refractivity contribution in [1.82, 2.24) is 25.5 Å². The molecule has 0 aromatic carbocycles. The number of hydrogen-bond donors (Lipinski definition) is 2. The third kappa shape index (κ3) is 2.86. The normalized spacial score (nSPS) is 12.6. The topological polar surface area (TPSA) is 66.5 Å². The van der Waals surface area contributed by atoms with Crippen molar-refractivity contribution in [1.29, 1.82) is 0 Å². The van der Waals surface area contributed by atoms with E-state index >= 15 is 0 Å². The van der Waals surface area contributed by atoms with Crippen LogP contribution in [0.1, 0.15) is 24.5 Å². The van der Waals surface area contributed by atoms with Crippen molar-refractivity contribution in [2.24, 2.45) is 0 Å². The number of aromatic amines is 1. The minimum absolute atomic E-state index is 0.128. The molecule has 1 unspecified atom stereocenters. The molecule has 0 aliphatic rings. The van der Waals surface area contributed by atoms with E-state index in [9.17, 15) is 0 Å². The van der Waals surface area contributed by atoms with E-state index in [0.717, 1.165) is 16.1 Å². The SMILES string of the molecule is CC(NCc1cccc(Br)n1)c1ncn[nH]1. The lowest BCUT2D eigenvalue weighted by Gasteiger charge is -2.10. The maximum atomic E-state index is 4.33. The molecule has 16 heavy (non-hydrogen) atoms. The number of nitrogens with zero attached hydrogens (tertiary/aromatic N) is 3. The molecule has 0 aliphatic heterocycles. The molecule has 0 saturated heterocycles. The molecule has 2 N–H and O–H groups in total. The summed E-state index contributed by atoms with van der Waals surface area (Å²) in [5.74, 6) is 0.829. The second kappa shape index (κ2) is 5.18. The average molecular weight is 282 g/mol. The van der Waals surface area contributed by atoms with E-state index < -0.39 is 0 Å². The van der Waals surface area contributed by atoms with Gasteiger partial charge in [0.25, 0.3) is 0 Å². The Morgan fingerprint density at radius 2 is 2.38 bits per heavy atom. The van der Waals surface area contributed by atoms with Gasteiger partial charge in [-0.2, -0.15) is 5.10 Å². The summed E-state index contributed by atoms with van der Waals surface area (Å²) < 4.78 is 0.846. The van der Waals surface area contributed by atoms with E-state index in [1.807, 2.05) is 25.1 Å². The Bertz CT molecular complexity index is 442. The highest BCUT2D eigenvalue weighted by Crippen LogP contribution is 2.08. The van der Waals surface area contributed by atoms with Crippen molar-refractivity contribution < 1.29 is 0 Å². The van der Waals surface area contributed by atoms with Gasteiger partial charge in [-0.25, -0.2) is 9.97 Å². The molecule has 0 bridgehead atoms. The highest BCUT2D eigenvalue weighted by Gasteiger charge is 2.07. The van der Waals surface area contributed by atoms with Crippen LogP contribution < -0.4 is 5.32 Å². The average Bonchev–Trinajstić information content (AvgIpc) is 2.79. The molecular formula is C10H12BrN5. The fourth-order valence-corrected chi connectivity index (χ4v) is 1.71. The molecule has 0 radical (unpaired) electrons. The molecule has 2 aromatic heterocycles. The van der Waals surface area contributed by atoms with Crippen LogP contribution in [0.4, 0.5) is 0 Å². The lowest BCUT2D eigenvalue weighted by Crippen LogP contribution is -2.19. The van der Waals surface area contributed by atoms with Crippen molar-refractivity contribution in [3.8, 4) is 0 Å². The number of pyridine rings is 1. The van der Waals surface area contributed by atoms with Crippen LogP contribution in [0, 0.1) is 0 Å². The van der Waals surface area contributed by atoms with Crippen molar-refractivity contribution >= 4 is 15.9 Å². The van der Waals surface area contributed by atoms with E-state index in [0.29, 0.717) is 6.54 Å². The zero-order chi connectivity index (χ0) is 11.4. The maximum Gasteiger partial charge on any atom is 0.141 e. The van der Waals surface area contributed by atoms with E-state index in [1.165, 1.54) is 6.33 Å². The molecule has 84 valence electrons. The summed E-state index contributed by atoms with van der Waals surface area (Å²) in [6.07, 6.45) is 1.50. The summed E-state index contributed by atoms with van der Waals surface area (Å²) >= 11 is 3.34. The molecule has 2 heterocycles. The van der Waals surface area contributed by atoms with Crippen LogP contribution in [0.15, 0.2) is 29.1 Å². The second-order valence-electron chi connectivity index (χ2n) is 3.42. The zero-order valence-electron chi connectivity index (χ0n) is 8.81. The Morgan fingerprint density at radius 1 is 1.50 bits per heavy atom. The highest BCUT2D eigenvalue weighted by atomic mass is 79.9. The minimum Gasteiger partial charge on any atom is -0.302 e. The van der Waals surface area contributed by atoms with Gasteiger partial charge in [0.1, 0.15) is 16.8 Å². The Kier molecular flexibility index (Phi) is 3.63. The molecule has 1 atom stereocenters. The van der Waals surface area contributed by atoms with Crippen LogP contribution in [0.3, 0.4) is 0 Å². The first-order valence-corrected chi connectivity index (χ1v) is 5.75. The molecule has 0 aliphatic carbocycles. The Hall–Kier alpha value is -1.27. The Labute approximate surface area is 102 Å². The Morgan fingerprint density at radius 3 is 3.06 bits per heavy atom. The number of aromatic nitrogens is 4. The summed E-state index contributed by atoms with van der Waals surface area (Å²) in [5.41, 5.74) is 0.987. The van der Waals surface area contributed by atoms with Crippen molar-refractivity contribution in [2.75, 3.05) is 0 Å². The standard InChI is InChI=1S/C10H12BrN5/c1-7(10-13-6-14-16-10)12-5-8-3-2-4-9(11)15-8/h2-4,6-7,12H,5H2,1H3,(H,13,14,16). The van der Waals surface area contributed by atoms with Crippen LogP contribution in [-0.2, 0) is 6.54 Å². The maximum absolute atomic E-state index is 4.33. The van der Waals surface area contributed by atoms with Crippen LogP contribution in [-0.4, -0.2) is 20.2 Å². The highest BCUT2D eigenvalue weighted by molar-refractivity contribution is 9.10. The summed E-state index contributed by atoms with van der Waals surface area (Å²) in [6, 6.07) is 5.98. The fraction of sp³-hybridized carbons (Fsp3) is 0.300. The van der Waals surface area contributed by atoms with Gasteiger partial charge >= 0.3 is 0 Å². The predicted molar refractivity (Wildman–Crippen MR) is 63.6 cm³/mol. The van der Waals surface area contributed by atoms with Gasteiger partial charge in [-0.3, -0.25) is 5.10 Å². The van der Waals surface area contributed by atoms with E-state index in [1.54, 1.807) is 0 Å². The van der Waals surface area contributed by atoms with Gasteiger partial charge in [-0.1, -0.05) is 6.07 Å². The first kappa shape index (κ1) is 11.2. The molecule has 0 saturated carbocycles. The van der Waals surface area contributed by atoms with Crippen LogP contribution in [0.25, 0.3) is 0 Å². The molecule has 5 nitrogen and oxygen atoms in total. The van der Waals surface area contributed by atoms with Crippen LogP contribution in [0.5, 0.6) is 0 Å². The molecular weight excluding hydrogens is 270 g/mol. The summed E-state index contributed by atoms with van der Waals surface area (Å²) in [7, 11) is 0. The number of H-pyrrole nitrogens is 1. The molecule has 2 aromatic rings. The first-order valence-electron chi connectivity index (χ1n) is 4.96.